The van der Waals surface area contributed by atoms with Gasteiger partial charge < -0.3 is 10.1 Å². The van der Waals surface area contributed by atoms with Crippen molar-refractivity contribution in [3.8, 4) is 5.75 Å². The monoisotopic (exact) mass is 323 g/mol. The number of hydrogen-bond acceptors (Lipinski definition) is 4. The van der Waals surface area contributed by atoms with Crippen molar-refractivity contribution in [2.24, 2.45) is 11.0 Å². The maximum Gasteiger partial charge on any atom is 0.265 e. The Labute approximate surface area is 139 Å². The number of amides is 2. The van der Waals surface area contributed by atoms with Gasteiger partial charge in [0, 0.05) is 5.69 Å². The van der Waals surface area contributed by atoms with Gasteiger partial charge in [0.1, 0.15) is 5.75 Å². The number of carbonyl (C=O) groups excluding carboxylic acids is 2. The van der Waals surface area contributed by atoms with E-state index >= 15 is 0 Å². The van der Waals surface area contributed by atoms with Crippen molar-refractivity contribution in [2.75, 3.05) is 17.4 Å². The van der Waals surface area contributed by atoms with Gasteiger partial charge in [-0.25, -0.2) is 0 Å². The van der Waals surface area contributed by atoms with E-state index in [0.29, 0.717) is 22.8 Å². The zero-order valence-electron chi connectivity index (χ0n) is 13.4. The summed E-state index contributed by atoms with van der Waals surface area (Å²) in [5, 5.41) is 8.25. The highest BCUT2D eigenvalue weighted by Crippen LogP contribution is 2.25. The lowest BCUT2D eigenvalue weighted by molar-refractivity contribution is -0.127. The zero-order chi connectivity index (χ0) is 17.1. The van der Waals surface area contributed by atoms with Crippen LogP contribution in [0.3, 0.4) is 0 Å². The van der Waals surface area contributed by atoms with Gasteiger partial charge in [-0.1, -0.05) is 18.2 Å². The average molecular weight is 323 g/mol. The molecule has 0 aliphatic carbocycles. The van der Waals surface area contributed by atoms with Crippen molar-refractivity contribution in [1.29, 1.82) is 0 Å². The summed E-state index contributed by atoms with van der Waals surface area (Å²) in [4.78, 5) is 25.1. The Kier molecular flexibility index (Phi) is 4.29. The number of anilines is 2. The second-order valence-electron chi connectivity index (χ2n) is 5.38. The quantitative estimate of drug-likeness (QED) is 0.879. The Morgan fingerprint density at radius 3 is 2.42 bits per heavy atom. The zero-order valence-corrected chi connectivity index (χ0v) is 13.4. The van der Waals surface area contributed by atoms with E-state index in [1.54, 1.807) is 50.4 Å². The number of ether oxygens (including phenoxy) is 1. The van der Waals surface area contributed by atoms with Crippen LogP contribution in [0.5, 0.6) is 5.75 Å². The predicted molar refractivity (Wildman–Crippen MR) is 92.2 cm³/mol. The lowest BCUT2D eigenvalue weighted by atomic mass is 10.0. The summed E-state index contributed by atoms with van der Waals surface area (Å²) in [7, 11) is 1.57. The van der Waals surface area contributed by atoms with Crippen LogP contribution in [-0.4, -0.2) is 24.6 Å². The predicted octanol–water partition coefficient (Wildman–Crippen LogP) is 2.67. The lowest BCUT2D eigenvalue weighted by Gasteiger charge is -2.14. The van der Waals surface area contributed by atoms with Gasteiger partial charge in [-0.3, -0.25) is 9.59 Å². The van der Waals surface area contributed by atoms with Crippen molar-refractivity contribution in [2.45, 2.75) is 6.92 Å². The maximum atomic E-state index is 12.6. The SMILES string of the molecule is COc1ccc(NC(=O)C2C(=O)N(c3ccccc3)N=C2C)cc1. The summed E-state index contributed by atoms with van der Waals surface area (Å²) in [6.07, 6.45) is 0. The van der Waals surface area contributed by atoms with E-state index in [9.17, 15) is 9.59 Å². The molecule has 0 spiro atoms. The number of hydrazone groups is 1. The van der Waals surface area contributed by atoms with Crippen LogP contribution in [0.2, 0.25) is 0 Å². The van der Waals surface area contributed by atoms with E-state index in [1.807, 2.05) is 18.2 Å². The lowest BCUT2D eigenvalue weighted by Crippen LogP contribution is -2.36. The molecule has 0 bridgehead atoms. The minimum Gasteiger partial charge on any atom is -0.497 e. The molecule has 6 heteroatoms. The fourth-order valence-corrected chi connectivity index (χ4v) is 2.51. The fourth-order valence-electron chi connectivity index (χ4n) is 2.51. The van der Waals surface area contributed by atoms with Crippen molar-refractivity contribution in [3.05, 3.63) is 54.6 Å². The molecule has 1 aliphatic heterocycles. The van der Waals surface area contributed by atoms with E-state index in [1.165, 1.54) is 5.01 Å². The Morgan fingerprint density at radius 1 is 1.12 bits per heavy atom. The van der Waals surface area contributed by atoms with Crippen LogP contribution in [0, 0.1) is 5.92 Å². The molecular weight excluding hydrogens is 306 g/mol. The first-order valence-corrected chi connectivity index (χ1v) is 7.49. The van der Waals surface area contributed by atoms with Crippen LogP contribution in [-0.2, 0) is 9.59 Å². The van der Waals surface area contributed by atoms with Crippen LogP contribution in [0.1, 0.15) is 6.92 Å². The molecule has 1 aliphatic rings. The van der Waals surface area contributed by atoms with Crippen molar-refractivity contribution in [1.82, 2.24) is 0 Å². The Morgan fingerprint density at radius 2 is 1.79 bits per heavy atom. The first kappa shape index (κ1) is 15.7. The second-order valence-corrected chi connectivity index (χ2v) is 5.38. The summed E-state index contributed by atoms with van der Waals surface area (Å²) in [5.74, 6) is -0.986. The smallest absolute Gasteiger partial charge is 0.265 e. The molecule has 0 saturated carbocycles. The normalized spacial score (nSPS) is 16.8. The fraction of sp³-hybridized carbons (Fsp3) is 0.167. The molecule has 122 valence electrons. The third kappa shape index (κ3) is 2.99. The van der Waals surface area contributed by atoms with Crippen molar-refractivity contribution in [3.63, 3.8) is 0 Å². The summed E-state index contributed by atoms with van der Waals surface area (Å²) in [6.45, 7) is 1.68. The first-order valence-electron chi connectivity index (χ1n) is 7.49. The third-order valence-electron chi connectivity index (χ3n) is 3.75. The van der Waals surface area contributed by atoms with E-state index in [0.717, 1.165) is 0 Å². The van der Waals surface area contributed by atoms with E-state index in [-0.39, 0.29) is 5.91 Å². The van der Waals surface area contributed by atoms with Gasteiger partial charge in [0.25, 0.3) is 5.91 Å². The molecule has 0 fully saturated rings. The number of methoxy groups -OCH3 is 1. The molecule has 1 N–H and O–H groups in total. The van der Waals surface area contributed by atoms with Crippen LogP contribution >= 0.6 is 0 Å². The van der Waals surface area contributed by atoms with E-state index in [2.05, 4.69) is 10.4 Å². The standard InChI is InChI=1S/C18H17N3O3/c1-12-16(17(22)19-13-8-10-15(24-2)11-9-13)18(23)21(20-12)14-6-4-3-5-7-14/h3-11,16H,1-2H3,(H,19,22). The van der Waals surface area contributed by atoms with Gasteiger partial charge in [-0.2, -0.15) is 10.1 Å². The third-order valence-corrected chi connectivity index (χ3v) is 3.75. The molecular formula is C18H17N3O3. The summed E-state index contributed by atoms with van der Waals surface area (Å²) < 4.78 is 5.08. The highest BCUT2D eigenvalue weighted by Gasteiger charge is 2.39. The summed E-state index contributed by atoms with van der Waals surface area (Å²) in [5.41, 5.74) is 1.70. The minimum absolute atomic E-state index is 0.357. The molecule has 0 radical (unpaired) electrons. The molecule has 2 aromatic carbocycles. The number of nitrogens with one attached hydrogen (secondary N) is 1. The molecule has 1 unspecified atom stereocenters. The van der Waals surface area contributed by atoms with Gasteiger partial charge in [0.15, 0.2) is 5.92 Å². The molecule has 1 heterocycles. The largest absolute Gasteiger partial charge is 0.497 e. The molecule has 1 atom stereocenters. The molecule has 24 heavy (non-hydrogen) atoms. The van der Waals surface area contributed by atoms with Gasteiger partial charge in [0.05, 0.1) is 18.5 Å². The summed E-state index contributed by atoms with van der Waals surface area (Å²) >= 11 is 0. The number of hydrogen-bond donors (Lipinski definition) is 1. The number of nitrogens with zero attached hydrogens (tertiary/aromatic N) is 2. The van der Waals surface area contributed by atoms with Crippen LogP contribution in [0.25, 0.3) is 0 Å². The highest BCUT2D eigenvalue weighted by molar-refractivity contribution is 6.28. The van der Waals surface area contributed by atoms with Gasteiger partial charge in [-0.05, 0) is 43.3 Å². The van der Waals surface area contributed by atoms with Crippen LogP contribution in [0.4, 0.5) is 11.4 Å². The number of para-hydroxylation sites is 1. The molecule has 0 saturated heterocycles. The Hall–Kier alpha value is -3.15. The highest BCUT2D eigenvalue weighted by atomic mass is 16.5. The minimum atomic E-state index is -0.924. The van der Waals surface area contributed by atoms with E-state index in [4.69, 9.17) is 4.74 Å². The van der Waals surface area contributed by atoms with Gasteiger partial charge in [-0.15, -0.1) is 0 Å². The van der Waals surface area contributed by atoms with E-state index < -0.39 is 11.8 Å². The topological polar surface area (TPSA) is 71.0 Å². The molecule has 2 aromatic rings. The first-order chi connectivity index (χ1) is 11.6. The number of rotatable bonds is 4. The molecule has 0 aromatic heterocycles. The van der Waals surface area contributed by atoms with Crippen molar-refractivity contribution < 1.29 is 14.3 Å². The molecule has 2 amide bonds. The number of carbonyl (C=O) groups is 2. The molecule has 6 nitrogen and oxygen atoms in total. The van der Waals surface area contributed by atoms with Gasteiger partial charge >= 0.3 is 0 Å². The number of benzene rings is 2. The Bertz CT molecular complexity index is 785. The Balaban J connectivity index is 1.75. The summed E-state index contributed by atoms with van der Waals surface area (Å²) in [6, 6.07) is 16.0. The molecule has 3 rings (SSSR count). The average Bonchev–Trinajstić information content (AvgIpc) is 2.91. The van der Waals surface area contributed by atoms with Crippen molar-refractivity contribution >= 4 is 28.9 Å². The van der Waals surface area contributed by atoms with Crippen LogP contribution in [0.15, 0.2) is 59.7 Å². The van der Waals surface area contributed by atoms with Gasteiger partial charge in [0.2, 0.25) is 5.91 Å². The second kappa shape index (κ2) is 6.54. The van der Waals surface area contributed by atoms with Crippen LogP contribution < -0.4 is 15.1 Å². The maximum absolute atomic E-state index is 12.6.